The van der Waals surface area contributed by atoms with Crippen LogP contribution in [0.5, 0.6) is 5.75 Å². The first-order chi connectivity index (χ1) is 9.80. The molecule has 0 fully saturated rings. The topological polar surface area (TPSA) is 27.1 Å². The molecule has 3 aromatic rings. The van der Waals surface area contributed by atoms with Crippen molar-refractivity contribution in [2.45, 2.75) is 19.9 Å². The monoisotopic (exact) mass is 266 g/mol. The summed E-state index contributed by atoms with van der Waals surface area (Å²) in [6.07, 6.45) is 2.97. The molecule has 0 amide bonds. The number of aryl methyl sites for hydroxylation is 1. The maximum absolute atomic E-state index is 5.18. The molecular formula is C17H18N2O. The van der Waals surface area contributed by atoms with Crippen molar-refractivity contribution < 1.29 is 4.74 Å². The van der Waals surface area contributed by atoms with Crippen molar-refractivity contribution >= 4 is 10.9 Å². The van der Waals surface area contributed by atoms with E-state index in [0.717, 1.165) is 18.7 Å². The van der Waals surface area contributed by atoms with E-state index in [2.05, 4.69) is 47.0 Å². The molecule has 0 N–H and O–H groups in total. The highest BCUT2D eigenvalue weighted by Crippen LogP contribution is 2.18. The number of hydrogen-bond acceptors (Lipinski definition) is 2. The largest absolute Gasteiger partial charge is 0.497 e. The lowest BCUT2D eigenvalue weighted by molar-refractivity contribution is 0.414. The van der Waals surface area contributed by atoms with Gasteiger partial charge in [-0.1, -0.05) is 31.2 Å². The van der Waals surface area contributed by atoms with Crippen LogP contribution in [0.4, 0.5) is 0 Å². The summed E-state index contributed by atoms with van der Waals surface area (Å²) in [5.74, 6) is 0.882. The van der Waals surface area contributed by atoms with Crippen LogP contribution in [0.3, 0.4) is 0 Å². The molecule has 3 nitrogen and oxygen atoms in total. The molecule has 2 aromatic carbocycles. The maximum Gasteiger partial charge on any atom is 0.118 e. The van der Waals surface area contributed by atoms with E-state index in [1.807, 2.05) is 18.3 Å². The number of rotatable bonds is 4. The van der Waals surface area contributed by atoms with Crippen LogP contribution in [-0.2, 0) is 13.0 Å². The Hall–Kier alpha value is -2.29. The molecule has 0 saturated heterocycles. The number of ether oxygens (including phenoxy) is 1. The number of hydrogen-bond donors (Lipinski definition) is 0. The molecule has 0 saturated carbocycles. The molecule has 3 rings (SSSR count). The number of nitrogens with zero attached hydrogens (tertiary/aromatic N) is 2. The zero-order valence-electron chi connectivity index (χ0n) is 11.8. The molecule has 1 aromatic heterocycles. The van der Waals surface area contributed by atoms with Crippen LogP contribution in [0.1, 0.15) is 18.1 Å². The molecule has 0 radical (unpaired) electrons. The summed E-state index contributed by atoms with van der Waals surface area (Å²) in [6, 6.07) is 14.7. The molecule has 102 valence electrons. The molecule has 0 aliphatic carbocycles. The Bertz CT molecular complexity index is 713. The predicted octanol–water partition coefficient (Wildman–Crippen LogP) is 3.66. The molecule has 3 heteroatoms. The average molecular weight is 266 g/mol. The fourth-order valence-corrected chi connectivity index (χ4v) is 2.37. The summed E-state index contributed by atoms with van der Waals surface area (Å²) in [5, 5.41) is 5.68. The van der Waals surface area contributed by atoms with Gasteiger partial charge in [-0.2, -0.15) is 5.10 Å². The van der Waals surface area contributed by atoms with Crippen LogP contribution < -0.4 is 4.74 Å². The molecule has 20 heavy (non-hydrogen) atoms. The van der Waals surface area contributed by atoms with E-state index in [0.29, 0.717) is 0 Å². The molecular weight excluding hydrogens is 248 g/mol. The lowest BCUT2D eigenvalue weighted by Gasteiger charge is -2.06. The minimum Gasteiger partial charge on any atom is -0.497 e. The summed E-state index contributed by atoms with van der Waals surface area (Å²) >= 11 is 0. The Morgan fingerprint density at radius 1 is 1.05 bits per heavy atom. The van der Waals surface area contributed by atoms with Crippen molar-refractivity contribution in [3.8, 4) is 5.75 Å². The van der Waals surface area contributed by atoms with Gasteiger partial charge in [0.15, 0.2) is 0 Å². The van der Waals surface area contributed by atoms with E-state index in [4.69, 9.17) is 4.74 Å². The van der Waals surface area contributed by atoms with Crippen LogP contribution in [0.25, 0.3) is 10.9 Å². The lowest BCUT2D eigenvalue weighted by atomic mass is 10.1. The first-order valence-electron chi connectivity index (χ1n) is 6.87. The van der Waals surface area contributed by atoms with E-state index >= 15 is 0 Å². The summed E-state index contributed by atoms with van der Waals surface area (Å²) in [5.41, 5.74) is 3.76. The normalized spacial score (nSPS) is 10.9. The lowest BCUT2D eigenvalue weighted by Crippen LogP contribution is -2.01. The third kappa shape index (κ3) is 2.39. The molecule has 1 heterocycles. The van der Waals surface area contributed by atoms with Gasteiger partial charge in [-0.3, -0.25) is 4.68 Å². The van der Waals surface area contributed by atoms with Gasteiger partial charge in [0, 0.05) is 5.39 Å². The van der Waals surface area contributed by atoms with E-state index in [9.17, 15) is 0 Å². The third-order valence-corrected chi connectivity index (χ3v) is 3.61. The quantitative estimate of drug-likeness (QED) is 0.720. The smallest absolute Gasteiger partial charge is 0.118 e. The fourth-order valence-electron chi connectivity index (χ4n) is 2.37. The van der Waals surface area contributed by atoms with Crippen LogP contribution in [0.15, 0.2) is 48.7 Å². The molecule has 0 bridgehead atoms. The van der Waals surface area contributed by atoms with Gasteiger partial charge >= 0.3 is 0 Å². The van der Waals surface area contributed by atoms with Crippen molar-refractivity contribution in [2.75, 3.05) is 7.11 Å². The van der Waals surface area contributed by atoms with Crippen molar-refractivity contribution in [1.29, 1.82) is 0 Å². The minimum absolute atomic E-state index is 0.778. The highest BCUT2D eigenvalue weighted by molar-refractivity contribution is 5.79. The highest BCUT2D eigenvalue weighted by atomic mass is 16.5. The van der Waals surface area contributed by atoms with Gasteiger partial charge < -0.3 is 4.74 Å². The maximum atomic E-state index is 5.18. The first-order valence-corrected chi connectivity index (χ1v) is 6.87. The predicted molar refractivity (Wildman–Crippen MR) is 81.2 cm³/mol. The molecule has 0 aliphatic rings. The van der Waals surface area contributed by atoms with Gasteiger partial charge in [0.05, 0.1) is 25.4 Å². The number of methoxy groups -OCH3 is 1. The van der Waals surface area contributed by atoms with E-state index in [1.54, 1.807) is 7.11 Å². The fraction of sp³-hybridized carbons (Fsp3) is 0.235. The first kappa shape index (κ1) is 12.7. The van der Waals surface area contributed by atoms with Gasteiger partial charge in [-0.15, -0.1) is 0 Å². The standard InChI is InChI=1S/C17H18N2O/c1-3-13-4-7-15-11-18-19(17(15)10-13)12-14-5-8-16(20-2)9-6-14/h4-11H,3,12H2,1-2H3. The Morgan fingerprint density at radius 2 is 1.80 bits per heavy atom. The van der Waals surface area contributed by atoms with Crippen molar-refractivity contribution in [2.24, 2.45) is 0 Å². The highest BCUT2D eigenvalue weighted by Gasteiger charge is 2.04. The van der Waals surface area contributed by atoms with Crippen LogP contribution in [0, 0.1) is 0 Å². The van der Waals surface area contributed by atoms with Crippen LogP contribution in [-0.4, -0.2) is 16.9 Å². The molecule has 0 aliphatic heterocycles. The summed E-state index contributed by atoms with van der Waals surface area (Å²) < 4.78 is 7.23. The summed E-state index contributed by atoms with van der Waals surface area (Å²) in [6.45, 7) is 2.95. The second-order valence-corrected chi connectivity index (χ2v) is 4.90. The SMILES string of the molecule is CCc1ccc2cnn(Cc3ccc(OC)cc3)c2c1. The number of benzene rings is 2. The Labute approximate surface area is 118 Å². The molecule has 0 spiro atoms. The van der Waals surface area contributed by atoms with E-state index < -0.39 is 0 Å². The van der Waals surface area contributed by atoms with Crippen LogP contribution in [0.2, 0.25) is 0 Å². The van der Waals surface area contributed by atoms with E-state index in [-0.39, 0.29) is 0 Å². The number of aromatic nitrogens is 2. The summed E-state index contributed by atoms with van der Waals surface area (Å²) in [4.78, 5) is 0. The molecule has 0 atom stereocenters. The molecule has 0 unspecified atom stereocenters. The van der Waals surface area contributed by atoms with Crippen molar-refractivity contribution in [3.05, 3.63) is 59.8 Å². The van der Waals surface area contributed by atoms with Gasteiger partial charge in [0.2, 0.25) is 0 Å². The summed E-state index contributed by atoms with van der Waals surface area (Å²) in [7, 11) is 1.68. The Balaban J connectivity index is 1.93. The number of fused-ring (bicyclic) bond motifs is 1. The van der Waals surface area contributed by atoms with E-state index in [1.165, 1.54) is 22.0 Å². The second-order valence-electron chi connectivity index (χ2n) is 4.90. The van der Waals surface area contributed by atoms with Crippen molar-refractivity contribution in [3.63, 3.8) is 0 Å². The zero-order valence-corrected chi connectivity index (χ0v) is 11.8. The van der Waals surface area contributed by atoms with Gasteiger partial charge in [-0.05, 0) is 35.7 Å². The van der Waals surface area contributed by atoms with Gasteiger partial charge in [0.25, 0.3) is 0 Å². The second kappa shape index (κ2) is 5.37. The van der Waals surface area contributed by atoms with Crippen molar-refractivity contribution in [1.82, 2.24) is 9.78 Å². The van der Waals surface area contributed by atoms with Gasteiger partial charge in [0.1, 0.15) is 5.75 Å². The van der Waals surface area contributed by atoms with Gasteiger partial charge in [-0.25, -0.2) is 0 Å². The zero-order chi connectivity index (χ0) is 13.9. The average Bonchev–Trinajstić information content (AvgIpc) is 2.90. The van der Waals surface area contributed by atoms with Crippen LogP contribution >= 0.6 is 0 Å². The Morgan fingerprint density at radius 3 is 2.50 bits per heavy atom. The third-order valence-electron chi connectivity index (χ3n) is 3.61. The Kier molecular flexibility index (Phi) is 3.42. The minimum atomic E-state index is 0.778.